The molecule has 1 aromatic rings. The van der Waals surface area contributed by atoms with Gasteiger partial charge in [0, 0.05) is 11.3 Å². The molecule has 72 valence electrons. The van der Waals surface area contributed by atoms with Gasteiger partial charge >= 0.3 is 0 Å². The van der Waals surface area contributed by atoms with Gasteiger partial charge in [-0.25, -0.2) is 0 Å². The molecule has 3 aliphatic carbocycles. The Morgan fingerprint density at radius 1 is 1.20 bits per heavy atom. The van der Waals surface area contributed by atoms with Crippen LogP contribution in [-0.4, -0.2) is 0 Å². The Kier molecular flexibility index (Phi) is 1.19. The second kappa shape index (κ2) is 2.33. The maximum Gasteiger partial charge on any atom is 0.0425 e. The van der Waals surface area contributed by atoms with Gasteiger partial charge in [-0.3, -0.25) is 0 Å². The highest BCUT2D eigenvalue weighted by Gasteiger charge is 2.60. The maximum absolute atomic E-state index is 2.40. The highest BCUT2D eigenvalue weighted by Crippen LogP contribution is 2.66. The van der Waals surface area contributed by atoms with Crippen LogP contribution in [0, 0.1) is 5.92 Å². The fraction of sp³-hybridized carbons (Fsp3) is 0.200. The van der Waals surface area contributed by atoms with Crippen molar-refractivity contribution >= 4 is 6.08 Å². The van der Waals surface area contributed by atoms with E-state index < -0.39 is 0 Å². The molecule has 1 fully saturated rings. The number of fused-ring (bicyclic) bond motifs is 5. The highest BCUT2D eigenvalue weighted by molar-refractivity contribution is 5.76. The molecule has 15 heavy (non-hydrogen) atoms. The summed E-state index contributed by atoms with van der Waals surface area (Å²) in [5.41, 5.74) is 4.84. The lowest BCUT2D eigenvalue weighted by atomic mass is 9.94. The van der Waals surface area contributed by atoms with Crippen molar-refractivity contribution in [2.45, 2.75) is 11.8 Å². The predicted molar refractivity (Wildman–Crippen MR) is 62.5 cm³/mol. The summed E-state index contributed by atoms with van der Waals surface area (Å²) < 4.78 is 0. The standard InChI is InChI=1S/C15H12/c1-2-6-12-11(5-1)9-10-15(12)13-7-3-4-8-14(13)15/h1-7,9-10,14H,8H2. The predicted octanol–water partition coefficient (Wildman–Crippen LogP) is 3.47. The van der Waals surface area contributed by atoms with Gasteiger partial charge in [0.2, 0.25) is 0 Å². The minimum atomic E-state index is 0.292. The van der Waals surface area contributed by atoms with E-state index in [0.29, 0.717) is 5.41 Å². The van der Waals surface area contributed by atoms with Crippen molar-refractivity contribution in [2.75, 3.05) is 0 Å². The van der Waals surface area contributed by atoms with Crippen LogP contribution < -0.4 is 0 Å². The van der Waals surface area contributed by atoms with E-state index in [1.807, 2.05) is 0 Å². The first-order valence-corrected chi connectivity index (χ1v) is 5.59. The van der Waals surface area contributed by atoms with Gasteiger partial charge in [-0.2, -0.15) is 0 Å². The quantitative estimate of drug-likeness (QED) is 0.590. The van der Waals surface area contributed by atoms with E-state index in [0.717, 1.165) is 5.92 Å². The number of benzene rings is 1. The molecule has 2 unspecified atom stereocenters. The van der Waals surface area contributed by atoms with Gasteiger partial charge in [-0.05, 0) is 17.5 Å². The van der Waals surface area contributed by atoms with E-state index >= 15 is 0 Å². The van der Waals surface area contributed by atoms with Gasteiger partial charge in [0.05, 0.1) is 0 Å². The maximum atomic E-state index is 2.40. The van der Waals surface area contributed by atoms with Crippen molar-refractivity contribution in [3.63, 3.8) is 0 Å². The Morgan fingerprint density at radius 2 is 2.13 bits per heavy atom. The molecule has 0 aromatic heterocycles. The molecule has 0 heteroatoms. The molecule has 0 amide bonds. The van der Waals surface area contributed by atoms with Crippen molar-refractivity contribution in [1.82, 2.24) is 0 Å². The smallest absolute Gasteiger partial charge is 0.0425 e. The van der Waals surface area contributed by atoms with Crippen LogP contribution in [0.1, 0.15) is 17.5 Å². The third-order valence-electron chi connectivity index (χ3n) is 4.04. The third kappa shape index (κ3) is 0.753. The summed E-state index contributed by atoms with van der Waals surface area (Å²) in [5.74, 6) is 0.752. The van der Waals surface area contributed by atoms with Crippen molar-refractivity contribution in [3.05, 3.63) is 65.3 Å². The van der Waals surface area contributed by atoms with E-state index in [-0.39, 0.29) is 0 Å². The summed E-state index contributed by atoms with van der Waals surface area (Å²) >= 11 is 0. The van der Waals surface area contributed by atoms with Gasteiger partial charge in [0.15, 0.2) is 0 Å². The summed E-state index contributed by atoms with van der Waals surface area (Å²) in [7, 11) is 0. The van der Waals surface area contributed by atoms with Crippen LogP contribution in [0.3, 0.4) is 0 Å². The molecule has 1 aromatic carbocycles. The van der Waals surface area contributed by atoms with Gasteiger partial charge in [-0.1, -0.05) is 60.2 Å². The molecular formula is C15H12. The van der Waals surface area contributed by atoms with Gasteiger partial charge in [0.25, 0.3) is 0 Å². The van der Waals surface area contributed by atoms with Crippen LogP contribution in [0.2, 0.25) is 0 Å². The van der Waals surface area contributed by atoms with Gasteiger partial charge in [-0.15, -0.1) is 0 Å². The zero-order valence-electron chi connectivity index (χ0n) is 8.48. The van der Waals surface area contributed by atoms with Crippen LogP contribution in [0.15, 0.2) is 54.1 Å². The molecule has 0 saturated heterocycles. The SMILES string of the molecule is C1=CCC2C(=C1)C21C=Cc2ccccc21. The van der Waals surface area contributed by atoms with Crippen molar-refractivity contribution in [2.24, 2.45) is 5.92 Å². The number of hydrogen-bond donors (Lipinski definition) is 0. The fourth-order valence-electron chi connectivity index (χ4n) is 3.28. The second-order valence-electron chi connectivity index (χ2n) is 4.63. The monoisotopic (exact) mass is 192 g/mol. The number of hydrogen-bond acceptors (Lipinski definition) is 0. The summed E-state index contributed by atoms with van der Waals surface area (Å²) in [6, 6.07) is 8.79. The van der Waals surface area contributed by atoms with Crippen molar-refractivity contribution in [1.29, 1.82) is 0 Å². The van der Waals surface area contributed by atoms with Crippen LogP contribution in [-0.2, 0) is 5.41 Å². The Bertz CT molecular complexity index is 531. The van der Waals surface area contributed by atoms with Crippen LogP contribution in [0.4, 0.5) is 0 Å². The molecule has 0 radical (unpaired) electrons. The molecule has 1 saturated carbocycles. The molecule has 3 aliphatic rings. The topological polar surface area (TPSA) is 0 Å². The van der Waals surface area contributed by atoms with Crippen LogP contribution in [0.25, 0.3) is 6.08 Å². The lowest BCUT2D eigenvalue weighted by molar-refractivity contribution is 0.735. The molecule has 4 rings (SSSR count). The Morgan fingerprint density at radius 3 is 3.00 bits per heavy atom. The van der Waals surface area contributed by atoms with Gasteiger partial charge < -0.3 is 0 Å². The van der Waals surface area contributed by atoms with Gasteiger partial charge in [0.1, 0.15) is 0 Å². The molecule has 1 spiro atoms. The molecule has 0 heterocycles. The van der Waals surface area contributed by atoms with Crippen molar-refractivity contribution < 1.29 is 0 Å². The fourth-order valence-corrected chi connectivity index (χ4v) is 3.28. The molecule has 0 aliphatic heterocycles. The summed E-state index contributed by atoms with van der Waals surface area (Å²) in [6.45, 7) is 0. The van der Waals surface area contributed by atoms with Crippen molar-refractivity contribution in [3.8, 4) is 0 Å². The average Bonchev–Trinajstić information content (AvgIpc) is 2.77. The van der Waals surface area contributed by atoms with E-state index in [1.54, 1.807) is 5.57 Å². The summed E-state index contributed by atoms with van der Waals surface area (Å²) in [4.78, 5) is 0. The third-order valence-corrected chi connectivity index (χ3v) is 4.04. The van der Waals surface area contributed by atoms with E-state index in [1.165, 1.54) is 17.5 Å². The Labute approximate surface area is 89.6 Å². The molecule has 0 N–H and O–H groups in total. The lowest BCUT2D eigenvalue weighted by Gasteiger charge is -2.08. The van der Waals surface area contributed by atoms with Crippen LogP contribution >= 0.6 is 0 Å². The number of allylic oxidation sites excluding steroid dienone is 5. The highest BCUT2D eigenvalue weighted by atomic mass is 14.6. The zero-order valence-corrected chi connectivity index (χ0v) is 8.48. The minimum Gasteiger partial charge on any atom is -0.0839 e. The first-order chi connectivity index (χ1) is 7.43. The zero-order chi connectivity index (χ0) is 9.88. The number of rotatable bonds is 0. The molecular weight excluding hydrogens is 180 g/mol. The van der Waals surface area contributed by atoms with E-state index in [4.69, 9.17) is 0 Å². The molecule has 0 bridgehead atoms. The normalized spacial score (nSPS) is 33.9. The summed E-state index contributed by atoms with van der Waals surface area (Å²) in [5, 5.41) is 0. The largest absolute Gasteiger partial charge is 0.0839 e. The lowest BCUT2D eigenvalue weighted by Crippen LogP contribution is -2.03. The second-order valence-corrected chi connectivity index (χ2v) is 4.63. The van der Waals surface area contributed by atoms with E-state index in [2.05, 4.69) is 54.6 Å². The summed E-state index contributed by atoms with van der Waals surface area (Å²) in [6.07, 6.45) is 12.7. The minimum absolute atomic E-state index is 0.292. The first-order valence-electron chi connectivity index (χ1n) is 5.59. The Hall–Kier alpha value is -1.56. The Balaban J connectivity index is 1.93. The van der Waals surface area contributed by atoms with Crippen LogP contribution in [0.5, 0.6) is 0 Å². The van der Waals surface area contributed by atoms with E-state index in [9.17, 15) is 0 Å². The molecule has 0 nitrogen and oxygen atoms in total. The average molecular weight is 192 g/mol. The molecule has 2 atom stereocenters. The first kappa shape index (κ1) is 7.70.